The van der Waals surface area contributed by atoms with Crippen LogP contribution in [0.5, 0.6) is 0 Å². The predicted molar refractivity (Wildman–Crippen MR) is 74.1 cm³/mol. The van der Waals surface area contributed by atoms with Crippen LogP contribution in [0.25, 0.3) is 0 Å². The third-order valence-electron chi connectivity index (χ3n) is 2.43. The second-order valence-electron chi connectivity index (χ2n) is 4.13. The maximum Gasteiger partial charge on any atom is 0.238 e. The highest BCUT2D eigenvalue weighted by atomic mass is 16.5. The Kier molecular flexibility index (Phi) is 6.18. The summed E-state index contributed by atoms with van der Waals surface area (Å²) in [5.41, 5.74) is 1.81. The van der Waals surface area contributed by atoms with Crippen molar-refractivity contribution >= 4 is 17.3 Å². The highest BCUT2D eigenvalue weighted by Gasteiger charge is 2.07. The number of carbonyl (C=O) groups is 1. The van der Waals surface area contributed by atoms with Gasteiger partial charge in [-0.2, -0.15) is 0 Å². The van der Waals surface area contributed by atoms with E-state index in [-0.39, 0.29) is 12.5 Å². The molecule has 0 aliphatic heterocycles. The second kappa shape index (κ2) is 7.68. The van der Waals surface area contributed by atoms with Crippen molar-refractivity contribution in [2.24, 2.45) is 0 Å². The summed E-state index contributed by atoms with van der Waals surface area (Å²) in [4.78, 5) is 13.7. The van der Waals surface area contributed by atoms with Gasteiger partial charge in [0.2, 0.25) is 5.91 Å². The molecule has 0 radical (unpaired) electrons. The number of ether oxygens (including phenoxy) is 1. The van der Waals surface area contributed by atoms with Gasteiger partial charge in [0, 0.05) is 27.7 Å². The van der Waals surface area contributed by atoms with E-state index in [9.17, 15) is 4.79 Å². The maximum absolute atomic E-state index is 11.7. The van der Waals surface area contributed by atoms with Gasteiger partial charge in [-0.1, -0.05) is 12.1 Å². The normalized spacial score (nSPS) is 10.2. The molecule has 0 aromatic heterocycles. The van der Waals surface area contributed by atoms with Crippen LogP contribution in [0, 0.1) is 0 Å². The van der Waals surface area contributed by atoms with Gasteiger partial charge < -0.3 is 20.3 Å². The molecule has 1 rings (SSSR count). The fourth-order valence-electron chi connectivity index (χ4n) is 1.54. The highest BCUT2D eigenvalue weighted by molar-refractivity contribution is 5.95. The van der Waals surface area contributed by atoms with Crippen molar-refractivity contribution in [1.82, 2.24) is 5.32 Å². The number of rotatable bonds is 7. The SMILES string of the molecule is COCCNCC(=O)Nc1ccccc1N(C)C. The Morgan fingerprint density at radius 2 is 2.06 bits per heavy atom. The number of amides is 1. The van der Waals surface area contributed by atoms with Crippen LogP contribution in [-0.2, 0) is 9.53 Å². The van der Waals surface area contributed by atoms with Crippen LogP contribution in [0.2, 0.25) is 0 Å². The van der Waals surface area contributed by atoms with Crippen LogP contribution in [-0.4, -0.2) is 46.8 Å². The second-order valence-corrected chi connectivity index (χ2v) is 4.13. The lowest BCUT2D eigenvalue weighted by Gasteiger charge is -2.17. The molecule has 0 heterocycles. The van der Waals surface area contributed by atoms with E-state index in [2.05, 4.69) is 10.6 Å². The quantitative estimate of drug-likeness (QED) is 0.708. The van der Waals surface area contributed by atoms with Gasteiger partial charge in [0.15, 0.2) is 0 Å². The third kappa shape index (κ3) is 4.73. The molecule has 2 N–H and O–H groups in total. The fourth-order valence-corrected chi connectivity index (χ4v) is 1.54. The number of anilines is 2. The molecule has 0 bridgehead atoms. The summed E-state index contributed by atoms with van der Waals surface area (Å²) in [5, 5.41) is 5.89. The van der Waals surface area contributed by atoms with E-state index >= 15 is 0 Å². The minimum absolute atomic E-state index is 0.0552. The molecule has 0 aliphatic rings. The van der Waals surface area contributed by atoms with E-state index < -0.39 is 0 Å². The molecule has 1 amide bonds. The zero-order valence-corrected chi connectivity index (χ0v) is 11.2. The summed E-state index contributed by atoms with van der Waals surface area (Å²) >= 11 is 0. The zero-order valence-electron chi connectivity index (χ0n) is 11.2. The molecule has 1 aromatic rings. The summed E-state index contributed by atoms with van der Waals surface area (Å²) in [6.45, 7) is 1.55. The Balaban J connectivity index is 2.49. The van der Waals surface area contributed by atoms with Gasteiger partial charge in [-0.15, -0.1) is 0 Å². The standard InChI is InChI=1S/C13H21N3O2/c1-16(2)12-7-5-4-6-11(12)15-13(17)10-14-8-9-18-3/h4-7,14H,8-10H2,1-3H3,(H,15,17). The van der Waals surface area contributed by atoms with Gasteiger partial charge in [-0.25, -0.2) is 0 Å². The average Bonchev–Trinajstić information content (AvgIpc) is 2.35. The number of hydrogen-bond acceptors (Lipinski definition) is 4. The molecule has 18 heavy (non-hydrogen) atoms. The molecule has 0 fully saturated rings. The molecular formula is C13H21N3O2. The molecule has 5 heteroatoms. The van der Waals surface area contributed by atoms with Gasteiger partial charge in [-0.3, -0.25) is 4.79 Å². The lowest BCUT2D eigenvalue weighted by Crippen LogP contribution is -2.30. The van der Waals surface area contributed by atoms with Crippen molar-refractivity contribution in [2.45, 2.75) is 0 Å². The van der Waals surface area contributed by atoms with E-state index in [0.29, 0.717) is 13.2 Å². The monoisotopic (exact) mass is 251 g/mol. The van der Waals surface area contributed by atoms with E-state index in [4.69, 9.17) is 4.74 Å². The minimum Gasteiger partial charge on any atom is -0.383 e. The summed E-state index contributed by atoms with van der Waals surface area (Å²) in [6, 6.07) is 7.71. The topological polar surface area (TPSA) is 53.6 Å². The van der Waals surface area contributed by atoms with Crippen LogP contribution in [0.15, 0.2) is 24.3 Å². The smallest absolute Gasteiger partial charge is 0.238 e. The van der Waals surface area contributed by atoms with Crippen molar-refractivity contribution in [3.05, 3.63) is 24.3 Å². The number of benzene rings is 1. The zero-order chi connectivity index (χ0) is 13.4. The molecular weight excluding hydrogens is 230 g/mol. The first-order chi connectivity index (χ1) is 8.65. The van der Waals surface area contributed by atoms with Gasteiger partial charge in [-0.05, 0) is 12.1 Å². The molecule has 0 atom stereocenters. The van der Waals surface area contributed by atoms with Crippen LogP contribution in [0.1, 0.15) is 0 Å². The van der Waals surface area contributed by atoms with Gasteiger partial charge in [0.25, 0.3) is 0 Å². The summed E-state index contributed by atoms with van der Waals surface area (Å²) < 4.78 is 4.89. The first-order valence-electron chi connectivity index (χ1n) is 5.91. The Hall–Kier alpha value is -1.59. The molecule has 0 saturated heterocycles. The number of hydrogen-bond donors (Lipinski definition) is 2. The summed E-state index contributed by atoms with van der Waals surface area (Å²) in [5.74, 6) is -0.0552. The summed E-state index contributed by atoms with van der Waals surface area (Å²) in [6.07, 6.45) is 0. The molecule has 1 aromatic carbocycles. The van der Waals surface area contributed by atoms with Crippen LogP contribution in [0.4, 0.5) is 11.4 Å². The van der Waals surface area contributed by atoms with Crippen LogP contribution >= 0.6 is 0 Å². The number of carbonyl (C=O) groups excluding carboxylic acids is 1. The lowest BCUT2D eigenvalue weighted by atomic mass is 10.2. The Labute approximate surface area is 108 Å². The first-order valence-corrected chi connectivity index (χ1v) is 5.91. The summed E-state index contributed by atoms with van der Waals surface area (Å²) in [7, 11) is 5.53. The van der Waals surface area contributed by atoms with E-state index in [1.165, 1.54) is 0 Å². The fraction of sp³-hybridized carbons (Fsp3) is 0.462. The van der Waals surface area contributed by atoms with Crippen LogP contribution < -0.4 is 15.5 Å². The van der Waals surface area contributed by atoms with E-state index in [1.807, 2.05) is 43.3 Å². The van der Waals surface area contributed by atoms with Gasteiger partial charge >= 0.3 is 0 Å². The molecule has 5 nitrogen and oxygen atoms in total. The van der Waals surface area contributed by atoms with Crippen molar-refractivity contribution in [2.75, 3.05) is 51.1 Å². The van der Waals surface area contributed by atoms with Gasteiger partial charge in [0.05, 0.1) is 24.5 Å². The molecule has 100 valence electrons. The number of para-hydroxylation sites is 2. The van der Waals surface area contributed by atoms with Crippen LogP contribution in [0.3, 0.4) is 0 Å². The van der Waals surface area contributed by atoms with Crippen molar-refractivity contribution in [3.63, 3.8) is 0 Å². The Bertz CT molecular complexity index is 380. The largest absolute Gasteiger partial charge is 0.383 e. The number of methoxy groups -OCH3 is 1. The van der Waals surface area contributed by atoms with E-state index in [1.54, 1.807) is 7.11 Å². The highest BCUT2D eigenvalue weighted by Crippen LogP contribution is 2.22. The van der Waals surface area contributed by atoms with E-state index in [0.717, 1.165) is 11.4 Å². The average molecular weight is 251 g/mol. The maximum atomic E-state index is 11.7. The molecule has 0 unspecified atom stereocenters. The Morgan fingerprint density at radius 1 is 1.33 bits per heavy atom. The first kappa shape index (κ1) is 14.5. The van der Waals surface area contributed by atoms with Crippen molar-refractivity contribution in [1.29, 1.82) is 0 Å². The molecule has 0 spiro atoms. The molecule has 0 saturated carbocycles. The number of nitrogens with zero attached hydrogens (tertiary/aromatic N) is 1. The van der Waals surface area contributed by atoms with Gasteiger partial charge in [0.1, 0.15) is 0 Å². The third-order valence-corrected chi connectivity index (χ3v) is 2.43. The number of nitrogens with one attached hydrogen (secondary N) is 2. The predicted octanol–water partition coefficient (Wildman–Crippen LogP) is 0.927. The minimum atomic E-state index is -0.0552. The Morgan fingerprint density at radius 3 is 2.72 bits per heavy atom. The van der Waals surface area contributed by atoms with Crippen molar-refractivity contribution in [3.8, 4) is 0 Å². The lowest BCUT2D eigenvalue weighted by molar-refractivity contribution is -0.115. The van der Waals surface area contributed by atoms with Crippen molar-refractivity contribution < 1.29 is 9.53 Å². The molecule has 0 aliphatic carbocycles.